The fourth-order valence-electron chi connectivity index (χ4n) is 1.97. The molecule has 0 aromatic heterocycles. The molecule has 0 bridgehead atoms. The van der Waals surface area contributed by atoms with Crippen molar-refractivity contribution in [2.45, 2.75) is 4.83 Å². The summed E-state index contributed by atoms with van der Waals surface area (Å²) < 4.78 is 37.0. The number of methoxy groups -OCH3 is 2. The van der Waals surface area contributed by atoms with Crippen LogP contribution in [-0.2, 0) is 0 Å². The van der Waals surface area contributed by atoms with Crippen LogP contribution in [-0.4, -0.2) is 14.2 Å². The molecule has 2 rings (SSSR count). The second kappa shape index (κ2) is 6.62. The highest BCUT2D eigenvalue weighted by Crippen LogP contribution is 2.41. The third kappa shape index (κ3) is 3.47. The number of alkyl halides is 1. The van der Waals surface area contributed by atoms with E-state index >= 15 is 0 Å². The Labute approximate surface area is 134 Å². The Morgan fingerprint density at radius 1 is 0.952 bits per heavy atom. The van der Waals surface area contributed by atoms with Crippen LogP contribution >= 0.6 is 27.5 Å². The molecule has 2 nitrogen and oxygen atoms in total. The molecule has 0 spiro atoms. The molecule has 0 amide bonds. The molecular formula is C15H12BrClF2O2. The zero-order chi connectivity index (χ0) is 15.6. The molecule has 6 heteroatoms. The zero-order valence-electron chi connectivity index (χ0n) is 11.3. The molecule has 0 N–H and O–H groups in total. The first kappa shape index (κ1) is 16.0. The van der Waals surface area contributed by atoms with Crippen molar-refractivity contribution in [2.75, 3.05) is 14.2 Å². The normalized spacial score (nSPS) is 12.1. The Morgan fingerprint density at radius 3 is 2.00 bits per heavy atom. The predicted octanol–water partition coefficient (Wildman–Crippen LogP) is 5.12. The molecule has 0 radical (unpaired) electrons. The van der Waals surface area contributed by atoms with E-state index in [4.69, 9.17) is 21.1 Å². The van der Waals surface area contributed by atoms with E-state index in [0.717, 1.165) is 6.07 Å². The maximum atomic E-state index is 13.3. The van der Waals surface area contributed by atoms with Crippen molar-refractivity contribution in [1.82, 2.24) is 0 Å². The summed E-state index contributed by atoms with van der Waals surface area (Å²) in [5.74, 6) is -0.327. The van der Waals surface area contributed by atoms with Crippen LogP contribution in [0.2, 0.25) is 5.02 Å². The van der Waals surface area contributed by atoms with E-state index in [0.29, 0.717) is 27.6 Å². The van der Waals surface area contributed by atoms with Crippen LogP contribution in [0, 0.1) is 11.6 Å². The Morgan fingerprint density at radius 2 is 1.48 bits per heavy atom. The molecule has 0 aliphatic heterocycles. The van der Waals surface area contributed by atoms with Crippen molar-refractivity contribution in [3.63, 3.8) is 0 Å². The maximum absolute atomic E-state index is 13.3. The number of hydrogen-bond acceptors (Lipinski definition) is 2. The van der Waals surface area contributed by atoms with Crippen molar-refractivity contribution >= 4 is 27.5 Å². The summed E-state index contributed by atoms with van der Waals surface area (Å²) in [6, 6.07) is 6.58. The standard InChI is InChI=1S/C15H12BrClF2O2/c1-20-13-6-11(12(17)7-14(13)21-2)15(16)8-3-9(18)5-10(19)4-8/h3-7,15H,1-2H3. The summed E-state index contributed by atoms with van der Waals surface area (Å²) >= 11 is 9.62. The van der Waals surface area contributed by atoms with Gasteiger partial charge < -0.3 is 9.47 Å². The maximum Gasteiger partial charge on any atom is 0.162 e. The van der Waals surface area contributed by atoms with E-state index in [9.17, 15) is 8.78 Å². The molecule has 2 aromatic rings. The lowest BCUT2D eigenvalue weighted by Gasteiger charge is -2.16. The van der Waals surface area contributed by atoms with E-state index in [1.165, 1.54) is 26.4 Å². The van der Waals surface area contributed by atoms with Crippen LogP contribution in [0.15, 0.2) is 30.3 Å². The van der Waals surface area contributed by atoms with E-state index in [2.05, 4.69) is 15.9 Å². The van der Waals surface area contributed by atoms with Gasteiger partial charge in [0.25, 0.3) is 0 Å². The third-order valence-electron chi connectivity index (χ3n) is 2.95. The molecule has 0 heterocycles. The van der Waals surface area contributed by atoms with Gasteiger partial charge in [-0.15, -0.1) is 0 Å². The van der Waals surface area contributed by atoms with Crippen LogP contribution in [0.5, 0.6) is 11.5 Å². The van der Waals surface area contributed by atoms with Crippen LogP contribution in [0.25, 0.3) is 0 Å². The predicted molar refractivity (Wildman–Crippen MR) is 81.7 cm³/mol. The molecule has 0 fully saturated rings. The van der Waals surface area contributed by atoms with E-state index in [1.807, 2.05) is 0 Å². The number of hydrogen-bond donors (Lipinski definition) is 0. The number of halogens is 4. The minimum absolute atomic E-state index is 0.402. The molecule has 21 heavy (non-hydrogen) atoms. The lowest BCUT2D eigenvalue weighted by atomic mass is 10.0. The summed E-state index contributed by atoms with van der Waals surface area (Å²) in [6.07, 6.45) is 0. The molecule has 1 unspecified atom stereocenters. The van der Waals surface area contributed by atoms with Crippen molar-refractivity contribution in [1.29, 1.82) is 0 Å². The Kier molecular flexibility index (Phi) is 5.06. The lowest BCUT2D eigenvalue weighted by molar-refractivity contribution is 0.354. The van der Waals surface area contributed by atoms with Gasteiger partial charge in [0.05, 0.1) is 19.0 Å². The van der Waals surface area contributed by atoms with Gasteiger partial charge >= 0.3 is 0 Å². The van der Waals surface area contributed by atoms with Gasteiger partial charge in [-0.25, -0.2) is 8.78 Å². The topological polar surface area (TPSA) is 18.5 Å². The Bertz CT molecular complexity index is 644. The van der Waals surface area contributed by atoms with E-state index < -0.39 is 16.5 Å². The number of rotatable bonds is 4. The van der Waals surface area contributed by atoms with E-state index in [-0.39, 0.29) is 0 Å². The summed E-state index contributed by atoms with van der Waals surface area (Å²) in [7, 11) is 3.00. The number of benzene rings is 2. The van der Waals surface area contributed by atoms with Gasteiger partial charge in [-0.1, -0.05) is 27.5 Å². The quantitative estimate of drug-likeness (QED) is 0.689. The van der Waals surface area contributed by atoms with Crippen LogP contribution in [0.4, 0.5) is 8.78 Å². The second-order valence-electron chi connectivity index (χ2n) is 4.29. The summed E-state index contributed by atoms with van der Waals surface area (Å²) in [6.45, 7) is 0. The first-order valence-corrected chi connectivity index (χ1v) is 7.27. The third-order valence-corrected chi connectivity index (χ3v) is 4.30. The Hall–Kier alpha value is -1.33. The SMILES string of the molecule is COc1cc(Cl)c(C(Br)c2cc(F)cc(F)c2)cc1OC. The highest BCUT2D eigenvalue weighted by atomic mass is 79.9. The zero-order valence-corrected chi connectivity index (χ0v) is 13.6. The van der Waals surface area contributed by atoms with Crippen LogP contribution in [0.1, 0.15) is 16.0 Å². The van der Waals surface area contributed by atoms with Gasteiger partial charge in [-0.2, -0.15) is 0 Å². The first-order valence-electron chi connectivity index (χ1n) is 5.97. The Balaban J connectivity index is 2.49. The summed E-state index contributed by atoms with van der Waals surface area (Å²) in [5.41, 5.74) is 1.04. The molecule has 1 atom stereocenters. The number of ether oxygens (including phenoxy) is 2. The van der Waals surface area contributed by atoms with Crippen molar-refractivity contribution in [3.8, 4) is 11.5 Å². The monoisotopic (exact) mass is 376 g/mol. The minimum Gasteiger partial charge on any atom is -0.493 e. The molecular weight excluding hydrogens is 366 g/mol. The van der Waals surface area contributed by atoms with Gasteiger partial charge in [0.15, 0.2) is 11.5 Å². The van der Waals surface area contributed by atoms with E-state index in [1.54, 1.807) is 12.1 Å². The van der Waals surface area contributed by atoms with Crippen molar-refractivity contribution < 1.29 is 18.3 Å². The highest BCUT2D eigenvalue weighted by molar-refractivity contribution is 9.09. The largest absolute Gasteiger partial charge is 0.493 e. The molecule has 0 aliphatic rings. The smallest absolute Gasteiger partial charge is 0.162 e. The average Bonchev–Trinajstić information content (AvgIpc) is 2.45. The molecule has 0 aliphatic carbocycles. The highest BCUT2D eigenvalue weighted by Gasteiger charge is 2.19. The van der Waals surface area contributed by atoms with Gasteiger partial charge in [0, 0.05) is 17.2 Å². The molecule has 2 aromatic carbocycles. The molecule has 112 valence electrons. The first-order chi connectivity index (χ1) is 9.96. The van der Waals surface area contributed by atoms with Crippen LogP contribution < -0.4 is 9.47 Å². The molecule has 0 saturated heterocycles. The van der Waals surface area contributed by atoms with Gasteiger partial charge in [-0.05, 0) is 29.3 Å². The van der Waals surface area contributed by atoms with Crippen molar-refractivity contribution in [2.24, 2.45) is 0 Å². The second-order valence-corrected chi connectivity index (χ2v) is 5.62. The fraction of sp³-hybridized carbons (Fsp3) is 0.200. The van der Waals surface area contributed by atoms with Gasteiger partial charge in [0.2, 0.25) is 0 Å². The average molecular weight is 378 g/mol. The van der Waals surface area contributed by atoms with Crippen molar-refractivity contribution in [3.05, 3.63) is 58.1 Å². The summed E-state index contributed by atoms with van der Waals surface area (Å²) in [4.78, 5) is -0.477. The minimum atomic E-state index is -0.647. The van der Waals surface area contributed by atoms with Gasteiger partial charge in [0.1, 0.15) is 11.6 Å². The van der Waals surface area contributed by atoms with Crippen LogP contribution in [0.3, 0.4) is 0 Å². The lowest BCUT2D eigenvalue weighted by Crippen LogP contribution is -1.99. The summed E-state index contributed by atoms with van der Waals surface area (Å²) in [5, 5.41) is 0.402. The molecule has 0 saturated carbocycles. The van der Waals surface area contributed by atoms with Gasteiger partial charge in [-0.3, -0.25) is 0 Å². The fourth-order valence-corrected chi connectivity index (χ4v) is 3.00.